The Hall–Kier alpha value is -1.10. The lowest BCUT2D eigenvalue weighted by atomic mass is 9.88. The molecule has 17 heavy (non-hydrogen) atoms. The van der Waals surface area contributed by atoms with Gasteiger partial charge in [0.05, 0.1) is 0 Å². The minimum absolute atomic E-state index is 0.0112. The van der Waals surface area contributed by atoms with E-state index in [4.69, 9.17) is 4.74 Å². The Kier molecular flexibility index (Phi) is 3.66. The summed E-state index contributed by atoms with van der Waals surface area (Å²) in [6.45, 7) is 6.30. The molecule has 1 N–H and O–H groups in total. The van der Waals surface area contributed by atoms with E-state index in [1.165, 1.54) is 0 Å². The van der Waals surface area contributed by atoms with E-state index in [2.05, 4.69) is 5.32 Å². The average Bonchev–Trinajstić information content (AvgIpc) is 2.32. The minimum atomic E-state index is -0.341. The van der Waals surface area contributed by atoms with Gasteiger partial charge in [0.25, 0.3) is 0 Å². The highest BCUT2D eigenvalue weighted by Crippen LogP contribution is 2.24. The summed E-state index contributed by atoms with van der Waals surface area (Å²) in [5.41, 5.74) is 0. The van der Waals surface area contributed by atoms with Crippen LogP contribution in [0.3, 0.4) is 0 Å². The SMILES string of the molecule is CC1COCCC1C(=O)N1CCNC(=O)C1C. The summed E-state index contributed by atoms with van der Waals surface area (Å²) in [7, 11) is 0. The number of carbonyl (C=O) groups is 2. The minimum Gasteiger partial charge on any atom is -0.381 e. The highest BCUT2D eigenvalue weighted by atomic mass is 16.5. The zero-order valence-corrected chi connectivity index (χ0v) is 10.4. The summed E-state index contributed by atoms with van der Waals surface area (Å²) in [6.07, 6.45) is 0.769. The number of hydrogen-bond donors (Lipinski definition) is 1. The molecular weight excluding hydrogens is 220 g/mol. The second kappa shape index (κ2) is 5.04. The highest BCUT2D eigenvalue weighted by molar-refractivity contribution is 5.89. The molecule has 0 aliphatic carbocycles. The molecule has 0 aromatic carbocycles. The van der Waals surface area contributed by atoms with Crippen LogP contribution in [0.5, 0.6) is 0 Å². The van der Waals surface area contributed by atoms with Gasteiger partial charge in [-0.1, -0.05) is 6.92 Å². The van der Waals surface area contributed by atoms with E-state index in [1.807, 2.05) is 6.92 Å². The lowest BCUT2D eigenvalue weighted by Crippen LogP contribution is -2.58. The summed E-state index contributed by atoms with van der Waals surface area (Å²) in [5, 5.41) is 2.77. The Morgan fingerprint density at radius 2 is 2.24 bits per heavy atom. The first-order valence-electron chi connectivity index (χ1n) is 6.27. The van der Waals surface area contributed by atoms with Gasteiger partial charge in [-0.3, -0.25) is 9.59 Å². The molecule has 0 saturated carbocycles. The van der Waals surface area contributed by atoms with E-state index in [0.29, 0.717) is 26.3 Å². The monoisotopic (exact) mass is 240 g/mol. The van der Waals surface area contributed by atoms with Crippen LogP contribution in [0.4, 0.5) is 0 Å². The molecule has 0 aromatic rings. The second-order valence-electron chi connectivity index (χ2n) is 4.95. The van der Waals surface area contributed by atoms with E-state index in [9.17, 15) is 9.59 Å². The van der Waals surface area contributed by atoms with Gasteiger partial charge in [0.1, 0.15) is 6.04 Å². The van der Waals surface area contributed by atoms with Crippen LogP contribution >= 0.6 is 0 Å². The number of carbonyl (C=O) groups excluding carboxylic acids is 2. The van der Waals surface area contributed by atoms with Crippen molar-refractivity contribution in [2.24, 2.45) is 11.8 Å². The molecule has 2 amide bonds. The Labute approximate surface area is 101 Å². The maximum absolute atomic E-state index is 12.4. The molecule has 0 aromatic heterocycles. The fourth-order valence-electron chi connectivity index (χ4n) is 2.54. The molecule has 5 nitrogen and oxygen atoms in total. The van der Waals surface area contributed by atoms with Crippen LogP contribution in [0.25, 0.3) is 0 Å². The van der Waals surface area contributed by atoms with Crippen molar-refractivity contribution in [1.29, 1.82) is 0 Å². The predicted octanol–water partition coefficient (Wildman–Crippen LogP) is 0.00590. The van der Waals surface area contributed by atoms with Crippen LogP contribution < -0.4 is 5.32 Å². The van der Waals surface area contributed by atoms with Gasteiger partial charge in [0, 0.05) is 32.2 Å². The van der Waals surface area contributed by atoms with E-state index >= 15 is 0 Å². The van der Waals surface area contributed by atoms with Crippen molar-refractivity contribution < 1.29 is 14.3 Å². The first-order chi connectivity index (χ1) is 8.11. The number of rotatable bonds is 1. The number of nitrogens with zero attached hydrogens (tertiary/aromatic N) is 1. The number of piperazine rings is 1. The Balaban J connectivity index is 2.05. The summed E-state index contributed by atoms with van der Waals surface area (Å²) < 4.78 is 5.35. The van der Waals surface area contributed by atoms with Crippen LogP contribution in [-0.4, -0.2) is 49.1 Å². The van der Waals surface area contributed by atoms with Gasteiger partial charge in [0.2, 0.25) is 11.8 Å². The third-order valence-corrected chi connectivity index (χ3v) is 3.74. The Morgan fingerprint density at radius 3 is 2.94 bits per heavy atom. The summed E-state index contributed by atoms with van der Waals surface area (Å²) >= 11 is 0. The molecule has 0 spiro atoms. The van der Waals surface area contributed by atoms with Crippen molar-refractivity contribution >= 4 is 11.8 Å². The van der Waals surface area contributed by atoms with Crippen molar-refractivity contribution in [3.63, 3.8) is 0 Å². The fraction of sp³-hybridized carbons (Fsp3) is 0.833. The normalized spacial score (nSPS) is 34.4. The van der Waals surface area contributed by atoms with E-state index in [-0.39, 0.29) is 29.7 Å². The van der Waals surface area contributed by atoms with Gasteiger partial charge in [0.15, 0.2) is 0 Å². The van der Waals surface area contributed by atoms with Crippen LogP contribution in [0.2, 0.25) is 0 Å². The van der Waals surface area contributed by atoms with Crippen LogP contribution in [-0.2, 0) is 14.3 Å². The molecule has 2 rings (SSSR count). The lowest BCUT2D eigenvalue weighted by Gasteiger charge is -2.38. The van der Waals surface area contributed by atoms with Gasteiger partial charge in [-0.2, -0.15) is 0 Å². The smallest absolute Gasteiger partial charge is 0.242 e. The van der Waals surface area contributed by atoms with Gasteiger partial charge >= 0.3 is 0 Å². The van der Waals surface area contributed by atoms with Gasteiger partial charge < -0.3 is 15.0 Å². The van der Waals surface area contributed by atoms with Crippen molar-refractivity contribution in [2.75, 3.05) is 26.3 Å². The zero-order chi connectivity index (χ0) is 12.4. The Morgan fingerprint density at radius 1 is 1.47 bits per heavy atom. The molecule has 2 heterocycles. The zero-order valence-electron chi connectivity index (χ0n) is 10.4. The molecule has 2 fully saturated rings. The first-order valence-corrected chi connectivity index (χ1v) is 6.27. The summed E-state index contributed by atoms with van der Waals surface area (Å²) in [6, 6.07) is -0.341. The van der Waals surface area contributed by atoms with Crippen molar-refractivity contribution in [3.8, 4) is 0 Å². The van der Waals surface area contributed by atoms with Gasteiger partial charge in [-0.05, 0) is 19.3 Å². The molecule has 0 radical (unpaired) electrons. The number of hydrogen-bond acceptors (Lipinski definition) is 3. The maximum Gasteiger partial charge on any atom is 0.242 e. The first kappa shape index (κ1) is 12.4. The Bertz CT molecular complexity index is 319. The second-order valence-corrected chi connectivity index (χ2v) is 4.95. The number of amides is 2. The largest absolute Gasteiger partial charge is 0.381 e. The molecule has 2 saturated heterocycles. The third-order valence-electron chi connectivity index (χ3n) is 3.74. The van der Waals surface area contributed by atoms with Gasteiger partial charge in [-0.25, -0.2) is 0 Å². The molecule has 5 heteroatoms. The molecule has 0 bridgehead atoms. The average molecular weight is 240 g/mol. The summed E-state index contributed by atoms with van der Waals surface area (Å²) in [5.74, 6) is 0.318. The van der Waals surface area contributed by atoms with E-state index in [0.717, 1.165) is 6.42 Å². The lowest BCUT2D eigenvalue weighted by molar-refractivity contribution is -0.149. The molecule has 3 atom stereocenters. The molecule has 3 unspecified atom stereocenters. The van der Waals surface area contributed by atoms with Crippen LogP contribution in [0.1, 0.15) is 20.3 Å². The number of ether oxygens (including phenoxy) is 1. The molecule has 2 aliphatic rings. The third kappa shape index (κ3) is 2.44. The van der Waals surface area contributed by atoms with Crippen LogP contribution in [0.15, 0.2) is 0 Å². The summed E-state index contributed by atoms with van der Waals surface area (Å²) in [4.78, 5) is 25.7. The van der Waals surface area contributed by atoms with E-state index in [1.54, 1.807) is 11.8 Å². The quantitative estimate of drug-likeness (QED) is 0.702. The topological polar surface area (TPSA) is 58.6 Å². The molecular formula is C12H20N2O3. The highest BCUT2D eigenvalue weighted by Gasteiger charge is 2.36. The molecule has 96 valence electrons. The van der Waals surface area contributed by atoms with Crippen molar-refractivity contribution in [2.45, 2.75) is 26.3 Å². The number of nitrogens with one attached hydrogen (secondary N) is 1. The maximum atomic E-state index is 12.4. The predicted molar refractivity (Wildman–Crippen MR) is 62.3 cm³/mol. The van der Waals surface area contributed by atoms with Gasteiger partial charge in [-0.15, -0.1) is 0 Å². The van der Waals surface area contributed by atoms with Crippen molar-refractivity contribution in [1.82, 2.24) is 10.2 Å². The molecule has 2 aliphatic heterocycles. The van der Waals surface area contributed by atoms with E-state index < -0.39 is 0 Å². The standard InChI is InChI=1S/C12H20N2O3/c1-8-7-17-6-3-10(8)12(16)14-5-4-13-11(15)9(14)2/h8-10H,3-7H2,1-2H3,(H,13,15). The van der Waals surface area contributed by atoms with Crippen molar-refractivity contribution in [3.05, 3.63) is 0 Å². The fourth-order valence-corrected chi connectivity index (χ4v) is 2.54. The van der Waals surface area contributed by atoms with Crippen LogP contribution in [0, 0.1) is 11.8 Å².